The van der Waals surface area contributed by atoms with Crippen LogP contribution in [-0.4, -0.2) is 15.5 Å². The van der Waals surface area contributed by atoms with Crippen molar-refractivity contribution in [3.63, 3.8) is 0 Å². The van der Waals surface area contributed by atoms with Crippen molar-refractivity contribution in [2.24, 2.45) is 0 Å². The van der Waals surface area contributed by atoms with Crippen LogP contribution in [0, 0.1) is 0 Å². The number of rotatable bonds is 5. The molecule has 1 heterocycles. The Balaban J connectivity index is 1.91. The van der Waals surface area contributed by atoms with Gasteiger partial charge < -0.3 is 5.32 Å². The van der Waals surface area contributed by atoms with Crippen LogP contribution in [0.2, 0.25) is 5.02 Å². The second kappa shape index (κ2) is 8.15. The predicted octanol–water partition coefficient (Wildman–Crippen LogP) is 4.94. The molecule has 1 amide bonds. The maximum Gasteiger partial charge on any atom is 0.261 e. The van der Waals surface area contributed by atoms with E-state index in [2.05, 4.69) is 38.0 Å². The van der Waals surface area contributed by atoms with Gasteiger partial charge in [0.2, 0.25) is 5.91 Å². The van der Waals surface area contributed by atoms with Crippen LogP contribution in [-0.2, 0) is 11.3 Å². The number of nitrogens with one attached hydrogen (secondary N) is 1. The summed E-state index contributed by atoms with van der Waals surface area (Å²) in [6.45, 7) is 8.28. The summed E-state index contributed by atoms with van der Waals surface area (Å²) >= 11 is 5.95. The van der Waals surface area contributed by atoms with Crippen molar-refractivity contribution in [3.05, 3.63) is 69.2 Å². The molecule has 0 aliphatic rings. The molecule has 0 unspecified atom stereocenters. The lowest BCUT2D eigenvalue weighted by Gasteiger charge is -2.20. The zero-order chi connectivity index (χ0) is 20.4. The Morgan fingerprint density at radius 3 is 2.36 bits per heavy atom. The van der Waals surface area contributed by atoms with Crippen LogP contribution in [0.3, 0.4) is 0 Å². The zero-order valence-corrected chi connectivity index (χ0v) is 17.2. The summed E-state index contributed by atoms with van der Waals surface area (Å²) in [6.07, 6.45) is 1.39. The monoisotopic (exact) mass is 397 g/mol. The van der Waals surface area contributed by atoms with Gasteiger partial charge in [0.1, 0.15) is 6.54 Å². The molecule has 2 aromatic carbocycles. The number of anilines is 1. The number of carbonyl (C=O) groups is 1. The van der Waals surface area contributed by atoms with Crippen LogP contribution in [0.5, 0.6) is 0 Å². The fourth-order valence-electron chi connectivity index (χ4n) is 3.27. The Bertz CT molecular complexity index is 1060. The van der Waals surface area contributed by atoms with Gasteiger partial charge in [0.15, 0.2) is 0 Å². The highest BCUT2D eigenvalue weighted by Gasteiger charge is 2.17. The number of fused-ring (bicyclic) bond motifs is 1. The highest BCUT2D eigenvalue weighted by Crippen LogP contribution is 2.32. The summed E-state index contributed by atoms with van der Waals surface area (Å²) in [7, 11) is 0. The van der Waals surface area contributed by atoms with Gasteiger partial charge in [-0.05, 0) is 41.2 Å². The number of hydrogen-bond acceptors (Lipinski definition) is 3. The lowest BCUT2D eigenvalue weighted by atomic mass is 9.92. The molecule has 3 rings (SSSR count). The Labute approximate surface area is 169 Å². The smallest absolute Gasteiger partial charge is 0.261 e. The van der Waals surface area contributed by atoms with Crippen molar-refractivity contribution in [1.82, 2.24) is 9.55 Å². The second-order valence-electron chi connectivity index (χ2n) is 7.51. The largest absolute Gasteiger partial charge is 0.324 e. The van der Waals surface area contributed by atoms with Crippen molar-refractivity contribution >= 4 is 34.1 Å². The van der Waals surface area contributed by atoms with Crippen LogP contribution < -0.4 is 10.9 Å². The molecule has 0 spiro atoms. The maximum absolute atomic E-state index is 12.8. The quantitative estimate of drug-likeness (QED) is 0.663. The van der Waals surface area contributed by atoms with E-state index in [1.165, 1.54) is 10.9 Å². The number of nitrogens with zero attached hydrogens (tertiary/aromatic N) is 2. The van der Waals surface area contributed by atoms with E-state index in [-0.39, 0.29) is 29.8 Å². The molecule has 0 saturated heterocycles. The molecule has 0 atom stereocenters. The van der Waals surface area contributed by atoms with E-state index in [9.17, 15) is 9.59 Å². The number of halogens is 1. The number of amides is 1. The third-order valence-electron chi connectivity index (χ3n) is 4.74. The van der Waals surface area contributed by atoms with Gasteiger partial charge in [-0.2, -0.15) is 0 Å². The normalized spacial score (nSPS) is 11.4. The Kier molecular flexibility index (Phi) is 5.84. The lowest BCUT2D eigenvalue weighted by molar-refractivity contribution is -0.116. The van der Waals surface area contributed by atoms with Crippen molar-refractivity contribution in [2.45, 2.75) is 46.1 Å². The van der Waals surface area contributed by atoms with Crippen molar-refractivity contribution in [2.75, 3.05) is 5.32 Å². The summed E-state index contributed by atoms with van der Waals surface area (Å²) in [6, 6.07) is 11.0. The van der Waals surface area contributed by atoms with E-state index >= 15 is 0 Å². The summed E-state index contributed by atoms with van der Waals surface area (Å²) in [5, 5.41) is 3.98. The summed E-state index contributed by atoms with van der Waals surface area (Å²) in [5.74, 6) is 0.278. The van der Waals surface area contributed by atoms with Crippen LogP contribution in [0.15, 0.2) is 47.5 Å². The van der Waals surface area contributed by atoms with E-state index < -0.39 is 0 Å². The average Bonchev–Trinajstić information content (AvgIpc) is 2.63. The number of hydrogen-bond donors (Lipinski definition) is 1. The van der Waals surface area contributed by atoms with Gasteiger partial charge in [-0.15, -0.1) is 0 Å². The SMILES string of the molecule is CC(C)c1cccc(C(C)C)c1NC(=O)Cn1cnc2cc(Cl)ccc2c1=O. The Morgan fingerprint density at radius 1 is 1.11 bits per heavy atom. The number of benzene rings is 2. The molecule has 1 aromatic heterocycles. The minimum atomic E-state index is -0.266. The summed E-state index contributed by atoms with van der Waals surface area (Å²) in [4.78, 5) is 29.7. The van der Waals surface area contributed by atoms with Crippen LogP contribution in [0.1, 0.15) is 50.7 Å². The topological polar surface area (TPSA) is 64.0 Å². The molecule has 6 heteroatoms. The molecular weight excluding hydrogens is 374 g/mol. The zero-order valence-electron chi connectivity index (χ0n) is 16.5. The maximum atomic E-state index is 12.8. The number of para-hydroxylation sites is 1. The fourth-order valence-corrected chi connectivity index (χ4v) is 3.44. The van der Waals surface area contributed by atoms with Crippen LogP contribution in [0.25, 0.3) is 10.9 Å². The standard InChI is InChI=1S/C22H24ClN3O2/c1-13(2)16-6-5-7-17(14(3)4)21(16)25-20(27)11-26-12-24-19-10-15(23)8-9-18(19)22(26)28/h5-10,12-14H,11H2,1-4H3,(H,25,27). The highest BCUT2D eigenvalue weighted by molar-refractivity contribution is 6.31. The highest BCUT2D eigenvalue weighted by atomic mass is 35.5. The molecule has 0 aliphatic carbocycles. The fraction of sp³-hybridized carbons (Fsp3) is 0.318. The van der Waals surface area contributed by atoms with Crippen molar-refractivity contribution < 1.29 is 4.79 Å². The third-order valence-corrected chi connectivity index (χ3v) is 4.97. The molecule has 0 aliphatic heterocycles. The van der Waals surface area contributed by atoms with Gasteiger partial charge in [-0.3, -0.25) is 14.2 Å². The minimum Gasteiger partial charge on any atom is -0.324 e. The molecule has 3 aromatic rings. The van der Waals surface area contributed by atoms with Gasteiger partial charge in [-0.1, -0.05) is 57.5 Å². The molecule has 5 nitrogen and oxygen atoms in total. The Morgan fingerprint density at radius 2 is 1.75 bits per heavy atom. The van der Waals surface area contributed by atoms with Crippen LogP contribution in [0.4, 0.5) is 5.69 Å². The second-order valence-corrected chi connectivity index (χ2v) is 7.94. The van der Waals surface area contributed by atoms with E-state index in [0.29, 0.717) is 15.9 Å². The number of aromatic nitrogens is 2. The van der Waals surface area contributed by atoms with Gasteiger partial charge in [0.25, 0.3) is 5.56 Å². The molecule has 0 fully saturated rings. The first-order valence-corrected chi connectivity index (χ1v) is 9.73. The van der Waals surface area contributed by atoms with Gasteiger partial charge in [-0.25, -0.2) is 4.98 Å². The third kappa shape index (κ3) is 4.09. The lowest BCUT2D eigenvalue weighted by Crippen LogP contribution is -2.28. The molecule has 28 heavy (non-hydrogen) atoms. The first-order valence-electron chi connectivity index (χ1n) is 9.35. The molecule has 0 bridgehead atoms. The first-order chi connectivity index (χ1) is 13.3. The Hall–Kier alpha value is -2.66. The van der Waals surface area contributed by atoms with E-state index in [1.54, 1.807) is 18.2 Å². The molecule has 1 N–H and O–H groups in total. The molecule has 0 saturated carbocycles. The van der Waals surface area contributed by atoms with Crippen LogP contribution >= 0.6 is 11.6 Å². The first kappa shape index (κ1) is 20.1. The van der Waals surface area contributed by atoms with Gasteiger partial charge in [0.05, 0.1) is 17.2 Å². The van der Waals surface area contributed by atoms with E-state index in [0.717, 1.165) is 16.8 Å². The molecular formula is C22H24ClN3O2. The van der Waals surface area contributed by atoms with Gasteiger partial charge in [0, 0.05) is 10.7 Å². The van der Waals surface area contributed by atoms with Crippen molar-refractivity contribution in [1.29, 1.82) is 0 Å². The summed E-state index contributed by atoms with van der Waals surface area (Å²) in [5.41, 5.74) is 3.25. The van der Waals surface area contributed by atoms with Gasteiger partial charge >= 0.3 is 0 Å². The van der Waals surface area contributed by atoms with Crippen molar-refractivity contribution in [3.8, 4) is 0 Å². The average molecular weight is 398 g/mol. The van der Waals surface area contributed by atoms with E-state index in [1.807, 2.05) is 18.2 Å². The minimum absolute atomic E-state index is 0.103. The number of carbonyl (C=O) groups excluding carboxylic acids is 1. The molecule has 146 valence electrons. The predicted molar refractivity (Wildman–Crippen MR) is 114 cm³/mol. The summed E-state index contributed by atoms with van der Waals surface area (Å²) < 4.78 is 1.32. The molecule has 0 radical (unpaired) electrons. The van der Waals surface area contributed by atoms with E-state index in [4.69, 9.17) is 11.6 Å².